The lowest BCUT2D eigenvalue weighted by Crippen LogP contribution is -2.09. The van der Waals surface area contributed by atoms with Gasteiger partial charge in [0.15, 0.2) is 5.82 Å². The van der Waals surface area contributed by atoms with Crippen LogP contribution in [-0.2, 0) is 19.1 Å². The molecule has 0 spiro atoms. The highest BCUT2D eigenvalue weighted by molar-refractivity contribution is 5.36. The van der Waals surface area contributed by atoms with Gasteiger partial charge in [0, 0.05) is 25.2 Å². The maximum Gasteiger partial charge on any atom is 0.416 e. The Bertz CT molecular complexity index is 727. The van der Waals surface area contributed by atoms with E-state index in [1.807, 2.05) is 0 Å². The quantitative estimate of drug-likeness (QED) is 0.429. The Morgan fingerprint density at radius 1 is 1.04 bits per heavy atom. The molecule has 0 amide bonds. The molecule has 2 aromatic rings. The van der Waals surface area contributed by atoms with Crippen LogP contribution in [0.1, 0.15) is 37.3 Å². The fourth-order valence-corrected chi connectivity index (χ4v) is 2.44. The van der Waals surface area contributed by atoms with Crippen molar-refractivity contribution in [2.24, 2.45) is 0 Å². The van der Waals surface area contributed by atoms with Crippen LogP contribution in [0.25, 0.3) is 0 Å². The van der Waals surface area contributed by atoms with Crippen LogP contribution in [0.3, 0.4) is 0 Å². The van der Waals surface area contributed by atoms with Gasteiger partial charge < -0.3 is 5.32 Å². The first kappa shape index (κ1) is 20.9. The maximum absolute atomic E-state index is 12.7. The van der Waals surface area contributed by atoms with Crippen molar-refractivity contribution < 1.29 is 22.0 Å². The van der Waals surface area contributed by atoms with Crippen LogP contribution < -0.4 is 5.32 Å². The normalized spacial score (nSPS) is 12.7. The zero-order valence-electron chi connectivity index (χ0n) is 14.9. The second-order valence-electron chi connectivity index (χ2n) is 6.44. The van der Waals surface area contributed by atoms with E-state index in [1.165, 1.54) is 12.1 Å². The monoisotopic (exact) mass is 387 g/mol. The number of hydrogen-bond donors (Lipinski definition) is 1. The molecule has 0 aliphatic heterocycles. The summed E-state index contributed by atoms with van der Waals surface area (Å²) < 4.78 is 64.6. The van der Waals surface area contributed by atoms with Crippen LogP contribution in [0, 0.1) is 0 Å². The van der Waals surface area contributed by atoms with Crippen molar-refractivity contribution in [1.82, 2.24) is 9.78 Å². The number of rotatable bonds is 9. The molecule has 0 atom stereocenters. The summed E-state index contributed by atoms with van der Waals surface area (Å²) in [6, 6.07) is 6.78. The Kier molecular flexibility index (Phi) is 6.98. The lowest BCUT2D eigenvalue weighted by atomic mass is 10.1. The van der Waals surface area contributed by atoms with Crippen LogP contribution in [0.2, 0.25) is 0 Å². The van der Waals surface area contributed by atoms with Gasteiger partial charge in [0.25, 0.3) is 0 Å². The molecule has 1 N–H and O–H groups in total. The molecule has 0 unspecified atom stereocenters. The van der Waals surface area contributed by atoms with Gasteiger partial charge in [-0.3, -0.25) is 4.68 Å². The molecule has 0 aliphatic rings. The second kappa shape index (κ2) is 9.01. The molecule has 27 heavy (non-hydrogen) atoms. The summed E-state index contributed by atoms with van der Waals surface area (Å²) in [5, 5.41) is 7.24. The summed E-state index contributed by atoms with van der Waals surface area (Å²) in [7, 11) is 0. The molecule has 0 saturated heterocycles. The van der Waals surface area contributed by atoms with Crippen molar-refractivity contribution in [2.75, 3.05) is 5.32 Å². The highest BCUT2D eigenvalue weighted by Gasteiger charge is 2.29. The third-order valence-electron chi connectivity index (χ3n) is 3.88. The summed E-state index contributed by atoms with van der Waals surface area (Å²) in [6.07, 6.45) is 2.28. The first-order valence-corrected chi connectivity index (χ1v) is 8.62. The number of allylic oxidation sites excluding steroid dienone is 1. The smallest absolute Gasteiger partial charge is 0.346 e. The van der Waals surface area contributed by atoms with Crippen LogP contribution in [0.4, 0.5) is 27.8 Å². The van der Waals surface area contributed by atoms with Crippen LogP contribution in [0.15, 0.2) is 48.8 Å². The van der Waals surface area contributed by atoms with Gasteiger partial charge in [0.2, 0.25) is 5.92 Å². The van der Waals surface area contributed by atoms with Crippen molar-refractivity contribution in [1.29, 1.82) is 0 Å². The number of alkyl halides is 5. The molecule has 1 aromatic carbocycles. The zero-order valence-corrected chi connectivity index (χ0v) is 14.9. The van der Waals surface area contributed by atoms with Crippen LogP contribution >= 0.6 is 0 Å². The van der Waals surface area contributed by atoms with E-state index in [0.717, 1.165) is 24.6 Å². The Labute approximate surface area is 154 Å². The fourth-order valence-electron chi connectivity index (χ4n) is 2.44. The molecule has 0 aliphatic carbocycles. The van der Waals surface area contributed by atoms with E-state index in [0.29, 0.717) is 31.6 Å². The van der Waals surface area contributed by atoms with Crippen molar-refractivity contribution >= 4 is 5.82 Å². The molecule has 0 bridgehead atoms. The highest BCUT2D eigenvalue weighted by Crippen LogP contribution is 2.29. The van der Waals surface area contributed by atoms with Gasteiger partial charge in [-0.2, -0.15) is 18.3 Å². The van der Waals surface area contributed by atoms with Gasteiger partial charge in [-0.25, -0.2) is 8.78 Å². The minimum absolute atomic E-state index is 0.133. The van der Waals surface area contributed by atoms with Crippen molar-refractivity contribution in [3.8, 4) is 0 Å². The predicted octanol–water partition coefficient (Wildman–Crippen LogP) is 5.90. The van der Waals surface area contributed by atoms with E-state index in [1.54, 1.807) is 29.2 Å². The molecule has 0 fully saturated rings. The molecular formula is C19H22F5N3. The molecule has 0 saturated carbocycles. The lowest BCUT2D eigenvalue weighted by molar-refractivity contribution is -0.137. The number of halogens is 5. The first-order chi connectivity index (χ1) is 12.6. The largest absolute Gasteiger partial charge is 0.416 e. The fraction of sp³-hybridized carbons (Fsp3) is 0.421. The number of hydrogen-bond acceptors (Lipinski definition) is 2. The summed E-state index contributed by atoms with van der Waals surface area (Å²) in [5.74, 6) is -2.02. The van der Waals surface area contributed by atoms with Gasteiger partial charge in [-0.15, -0.1) is 0 Å². The van der Waals surface area contributed by atoms with Crippen LogP contribution in [0.5, 0.6) is 0 Å². The first-order valence-electron chi connectivity index (χ1n) is 8.62. The van der Waals surface area contributed by atoms with E-state index in [-0.39, 0.29) is 6.42 Å². The van der Waals surface area contributed by atoms with E-state index >= 15 is 0 Å². The standard InChI is InChI=1S/C19H22F5N3/c1-18(20,21)11-2-3-13-27-14-10-17(26-27)25-12-4-5-15-6-8-16(9-7-15)19(22,23)24/h4,6-10,12,14H,2-3,5,11,13H2,1H3,(H,25,26)/b12-4+. The maximum atomic E-state index is 12.7. The molecule has 2 rings (SSSR count). The van der Waals surface area contributed by atoms with E-state index in [2.05, 4.69) is 10.4 Å². The minimum atomic E-state index is -4.33. The Balaban J connectivity index is 1.73. The minimum Gasteiger partial charge on any atom is -0.346 e. The number of nitrogens with zero attached hydrogens (tertiary/aromatic N) is 2. The van der Waals surface area contributed by atoms with Gasteiger partial charge in [-0.1, -0.05) is 18.2 Å². The Hall–Kier alpha value is -2.38. The van der Waals surface area contributed by atoms with E-state index in [4.69, 9.17) is 0 Å². The topological polar surface area (TPSA) is 29.9 Å². The average molecular weight is 387 g/mol. The third-order valence-corrected chi connectivity index (χ3v) is 3.88. The van der Waals surface area contributed by atoms with Gasteiger partial charge >= 0.3 is 6.18 Å². The van der Waals surface area contributed by atoms with Crippen LogP contribution in [-0.4, -0.2) is 15.7 Å². The van der Waals surface area contributed by atoms with Crippen molar-refractivity contribution in [3.63, 3.8) is 0 Å². The molecule has 148 valence electrons. The number of anilines is 1. The Morgan fingerprint density at radius 2 is 1.74 bits per heavy atom. The van der Waals surface area contributed by atoms with Crippen molar-refractivity contribution in [2.45, 2.75) is 51.3 Å². The van der Waals surface area contributed by atoms with Gasteiger partial charge in [0.05, 0.1) is 5.56 Å². The molecular weight excluding hydrogens is 365 g/mol. The summed E-state index contributed by atoms with van der Waals surface area (Å²) in [5.41, 5.74) is 0.0980. The molecule has 1 heterocycles. The average Bonchev–Trinajstić information content (AvgIpc) is 3.02. The summed E-state index contributed by atoms with van der Waals surface area (Å²) in [6.45, 7) is 1.48. The SMILES string of the molecule is CC(F)(F)CCCCn1ccc(N/C=C/Cc2ccc(C(F)(F)F)cc2)n1. The molecule has 0 radical (unpaired) electrons. The van der Waals surface area contributed by atoms with Crippen molar-refractivity contribution in [3.05, 3.63) is 59.9 Å². The lowest BCUT2D eigenvalue weighted by Gasteiger charge is -2.09. The number of aryl methyl sites for hydroxylation is 1. The molecule has 1 aromatic heterocycles. The van der Waals surface area contributed by atoms with Gasteiger partial charge in [0.1, 0.15) is 0 Å². The number of unbranched alkanes of at least 4 members (excludes halogenated alkanes) is 1. The summed E-state index contributed by atoms with van der Waals surface area (Å²) in [4.78, 5) is 0. The number of nitrogens with one attached hydrogen (secondary N) is 1. The zero-order chi connectivity index (χ0) is 19.9. The summed E-state index contributed by atoms with van der Waals surface area (Å²) >= 11 is 0. The van der Waals surface area contributed by atoms with Gasteiger partial charge in [-0.05, 0) is 50.1 Å². The third kappa shape index (κ3) is 7.80. The molecule has 3 nitrogen and oxygen atoms in total. The number of benzene rings is 1. The second-order valence-corrected chi connectivity index (χ2v) is 6.44. The Morgan fingerprint density at radius 3 is 2.37 bits per heavy atom. The predicted molar refractivity (Wildman–Crippen MR) is 94.6 cm³/mol. The molecule has 8 heteroatoms. The number of aromatic nitrogens is 2. The highest BCUT2D eigenvalue weighted by atomic mass is 19.4. The van der Waals surface area contributed by atoms with E-state index < -0.39 is 17.7 Å². The van der Waals surface area contributed by atoms with E-state index in [9.17, 15) is 22.0 Å².